The van der Waals surface area contributed by atoms with E-state index in [1.165, 1.54) is 18.2 Å². The highest BCUT2D eigenvalue weighted by Gasteiger charge is 2.20. The van der Waals surface area contributed by atoms with Crippen LogP contribution in [0.15, 0.2) is 58.3 Å². The minimum Gasteiger partial charge on any atom is -0.374 e. The van der Waals surface area contributed by atoms with Crippen molar-refractivity contribution in [3.05, 3.63) is 80.6 Å². The Morgan fingerprint density at radius 2 is 1.82 bits per heavy atom. The van der Waals surface area contributed by atoms with Crippen molar-refractivity contribution in [3.63, 3.8) is 0 Å². The topological polar surface area (TPSA) is 71.1 Å². The number of halogens is 1. The molecule has 22 heavy (non-hydrogen) atoms. The average molecular weight is 297 g/mol. The Balaban J connectivity index is 1.77. The van der Waals surface area contributed by atoms with E-state index in [1.54, 1.807) is 24.4 Å². The molecule has 6 heteroatoms. The zero-order valence-corrected chi connectivity index (χ0v) is 11.5. The van der Waals surface area contributed by atoms with Crippen LogP contribution in [-0.2, 0) is 6.54 Å². The number of nitrogens with one attached hydrogen (secondary N) is 2. The van der Waals surface area contributed by atoms with Gasteiger partial charge in [-0.2, -0.15) is 0 Å². The second-order valence-corrected chi connectivity index (χ2v) is 4.72. The summed E-state index contributed by atoms with van der Waals surface area (Å²) in [6, 6.07) is 11.1. The van der Waals surface area contributed by atoms with E-state index in [0.29, 0.717) is 12.2 Å². The first-order chi connectivity index (χ1) is 10.6. The molecule has 0 aliphatic rings. The Kier molecular flexibility index (Phi) is 3.65. The number of benzene rings is 1. The number of hydrogen-bond acceptors (Lipinski definition) is 5. The van der Waals surface area contributed by atoms with Gasteiger partial charge >= 0.3 is 0 Å². The highest BCUT2D eigenvalue weighted by Crippen LogP contribution is 2.21. The molecule has 0 amide bonds. The fourth-order valence-electron chi connectivity index (χ4n) is 2.07. The monoisotopic (exact) mass is 297 g/mol. The van der Waals surface area contributed by atoms with Gasteiger partial charge in [-0.15, -0.1) is 0 Å². The lowest BCUT2D eigenvalue weighted by Crippen LogP contribution is -2.36. The van der Waals surface area contributed by atoms with Gasteiger partial charge in [0.1, 0.15) is 17.2 Å². The maximum absolute atomic E-state index is 13.1. The second-order valence-electron chi connectivity index (χ2n) is 4.72. The van der Waals surface area contributed by atoms with E-state index in [1.807, 2.05) is 6.07 Å². The smallest absolute Gasteiger partial charge is 0.253 e. The lowest BCUT2D eigenvalue weighted by molar-refractivity contribution is 0.628. The van der Waals surface area contributed by atoms with Crippen LogP contribution in [0.5, 0.6) is 0 Å². The molecule has 2 aromatic carbocycles. The predicted octanol–water partition coefficient (Wildman–Crippen LogP) is 2.17. The van der Waals surface area contributed by atoms with E-state index in [4.69, 9.17) is 0 Å². The van der Waals surface area contributed by atoms with Crippen LogP contribution < -0.4 is 21.5 Å². The van der Waals surface area contributed by atoms with Gasteiger partial charge in [0.05, 0.1) is 12.2 Å². The largest absolute Gasteiger partial charge is 0.374 e. The number of hydrogen-bond donors (Lipinski definition) is 2. The van der Waals surface area contributed by atoms with Crippen LogP contribution in [0.25, 0.3) is 0 Å². The van der Waals surface area contributed by atoms with Gasteiger partial charge in [-0.05, 0) is 30.3 Å². The van der Waals surface area contributed by atoms with Crippen molar-refractivity contribution in [1.82, 2.24) is 4.98 Å². The van der Waals surface area contributed by atoms with Crippen molar-refractivity contribution in [3.8, 4) is 0 Å². The average Bonchev–Trinajstić information content (AvgIpc) is 2.54. The lowest BCUT2D eigenvalue weighted by atomic mass is 10.1. The van der Waals surface area contributed by atoms with Crippen LogP contribution in [0, 0.1) is 5.82 Å². The number of pyridine rings is 1. The van der Waals surface area contributed by atoms with Gasteiger partial charge < -0.3 is 10.6 Å². The molecule has 0 aliphatic carbocycles. The van der Waals surface area contributed by atoms with Crippen molar-refractivity contribution in [2.24, 2.45) is 0 Å². The standard InChI is InChI=1S/C16H12FN3O2/c17-10-4-3-6-11(8-10)20-14-13(15(21)16(14)22)19-9-12-5-1-2-7-18-12/h1-8,19-20H,9H2. The van der Waals surface area contributed by atoms with Crippen LogP contribution >= 0.6 is 0 Å². The molecule has 110 valence electrons. The second kappa shape index (κ2) is 5.77. The molecular weight excluding hydrogens is 285 g/mol. The van der Waals surface area contributed by atoms with Gasteiger partial charge in [0, 0.05) is 11.9 Å². The fourth-order valence-corrected chi connectivity index (χ4v) is 2.07. The zero-order valence-electron chi connectivity index (χ0n) is 11.5. The van der Waals surface area contributed by atoms with Gasteiger partial charge in [-0.1, -0.05) is 12.1 Å². The van der Waals surface area contributed by atoms with Crippen molar-refractivity contribution in [2.75, 3.05) is 10.6 Å². The molecule has 0 radical (unpaired) electrons. The third-order valence-electron chi connectivity index (χ3n) is 3.18. The molecule has 1 heterocycles. The summed E-state index contributed by atoms with van der Waals surface area (Å²) >= 11 is 0. The Bertz CT molecular complexity index is 871. The highest BCUT2D eigenvalue weighted by atomic mass is 19.1. The van der Waals surface area contributed by atoms with Gasteiger partial charge in [0.15, 0.2) is 0 Å². The SMILES string of the molecule is O=c1c(NCc2ccccn2)c(Nc2cccc(F)c2)c1=O. The van der Waals surface area contributed by atoms with E-state index in [9.17, 15) is 14.0 Å². The molecular formula is C16H12FN3O2. The number of rotatable bonds is 5. The molecule has 0 bridgehead atoms. The van der Waals surface area contributed by atoms with Crippen molar-refractivity contribution >= 4 is 17.1 Å². The maximum atomic E-state index is 13.1. The minimum atomic E-state index is -0.618. The number of aromatic nitrogens is 1. The molecule has 5 nitrogen and oxygen atoms in total. The summed E-state index contributed by atoms with van der Waals surface area (Å²) in [6.07, 6.45) is 1.64. The number of anilines is 3. The van der Waals surface area contributed by atoms with Crippen molar-refractivity contribution in [2.45, 2.75) is 6.54 Å². The molecule has 0 atom stereocenters. The third kappa shape index (κ3) is 2.71. The van der Waals surface area contributed by atoms with Crippen LogP contribution in [0.3, 0.4) is 0 Å². The Labute approximate surface area is 125 Å². The molecule has 2 N–H and O–H groups in total. The zero-order chi connectivity index (χ0) is 15.5. The van der Waals surface area contributed by atoms with Gasteiger partial charge in [0.2, 0.25) is 0 Å². The van der Waals surface area contributed by atoms with E-state index in [0.717, 1.165) is 5.69 Å². The third-order valence-corrected chi connectivity index (χ3v) is 3.18. The lowest BCUT2D eigenvalue weighted by Gasteiger charge is -2.14. The Morgan fingerprint density at radius 1 is 1.00 bits per heavy atom. The quantitative estimate of drug-likeness (QED) is 0.706. The fraction of sp³-hybridized carbons (Fsp3) is 0.0625. The van der Waals surface area contributed by atoms with Gasteiger partial charge in [0.25, 0.3) is 10.9 Å². The molecule has 3 rings (SSSR count). The molecule has 0 aliphatic heterocycles. The maximum Gasteiger partial charge on any atom is 0.253 e. The number of nitrogens with zero attached hydrogens (tertiary/aromatic N) is 1. The van der Waals surface area contributed by atoms with Crippen LogP contribution in [0.2, 0.25) is 0 Å². The molecule has 1 aromatic heterocycles. The summed E-state index contributed by atoms with van der Waals surface area (Å²) in [4.78, 5) is 27.4. The summed E-state index contributed by atoms with van der Waals surface area (Å²) in [5.74, 6) is -0.424. The molecule has 0 unspecified atom stereocenters. The first-order valence-corrected chi connectivity index (χ1v) is 6.65. The van der Waals surface area contributed by atoms with Gasteiger partial charge in [-0.25, -0.2) is 4.39 Å². The summed E-state index contributed by atoms with van der Waals surface area (Å²) in [5, 5.41) is 5.66. The first kappa shape index (κ1) is 13.9. The highest BCUT2D eigenvalue weighted by molar-refractivity contribution is 5.78. The van der Waals surface area contributed by atoms with Crippen LogP contribution in [-0.4, -0.2) is 4.98 Å². The molecule has 0 fully saturated rings. The normalized spacial score (nSPS) is 10.6. The van der Waals surface area contributed by atoms with E-state index < -0.39 is 16.7 Å². The predicted molar refractivity (Wildman–Crippen MR) is 82.6 cm³/mol. The minimum absolute atomic E-state index is 0.145. The molecule has 0 saturated heterocycles. The van der Waals surface area contributed by atoms with Crippen molar-refractivity contribution < 1.29 is 4.39 Å². The first-order valence-electron chi connectivity index (χ1n) is 6.65. The molecule has 0 saturated carbocycles. The van der Waals surface area contributed by atoms with E-state index in [2.05, 4.69) is 15.6 Å². The summed E-state index contributed by atoms with van der Waals surface area (Å²) in [6.45, 7) is 0.323. The van der Waals surface area contributed by atoms with Crippen molar-refractivity contribution in [1.29, 1.82) is 0 Å². The van der Waals surface area contributed by atoms with E-state index >= 15 is 0 Å². The Morgan fingerprint density at radius 3 is 2.55 bits per heavy atom. The molecule has 3 aromatic rings. The van der Waals surface area contributed by atoms with Gasteiger partial charge in [-0.3, -0.25) is 14.6 Å². The van der Waals surface area contributed by atoms with Crippen LogP contribution in [0.1, 0.15) is 5.69 Å². The summed E-state index contributed by atoms with van der Waals surface area (Å²) in [5.41, 5.74) is 0.286. The Hall–Kier alpha value is -3.02. The summed E-state index contributed by atoms with van der Waals surface area (Å²) < 4.78 is 13.1. The van der Waals surface area contributed by atoms with E-state index in [-0.39, 0.29) is 11.4 Å². The van der Waals surface area contributed by atoms with Crippen LogP contribution in [0.4, 0.5) is 21.5 Å². The summed E-state index contributed by atoms with van der Waals surface area (Å²) in [7, 11) is 0. The molecule has 0 spiro atoms.